The van der Waals surface area contributed by atoms with E-state index in [0.29, 0.717) is 6.42 Å². The number of rotatable bonds is 7. The van der Waals surface area contributed by atoms with Crippen LogP contribution in [-0.2, 0) is 15.1 Å². The molecule has 1 aromatic rings. The molecule has 0 bridgehead atoms. The molecule has 1 fully saturated rings. The Morgan fingerprint density at radius 2 is 1.92 bits per heavy atom. The molecule has 0 unspecified atom stereocenters. The van der Waals surface area contributed by atoms with Crippen LogP contribution >= 0.6 is 0 Å². The second-order valence-electron chi connectivity index (χ2n) is 6.20. The molecule has 1 heterocycles. The Hall–Kier alpha value is -2.37. The van der Waals surface area contributed by atoms with Gasteiger partial charge in [0.2, 0.25) is 5.91 Å². The van der Waals surface area contributed by atoms with E-state index in [1.807, 2.05) is 51.1 Å². The molecule has 1 aromatic carbocycles. The number of carbonyl (C=O) groups excluding carboxylic acids is 3. The molecule has 0 saturated carbocycles. The van der Waals surface area contributed by atoms with Gasteiger partial charge in [0.25, 0.3) is 5.91 Å². The van der Waals surface area contributed by atoms with Gasteiger partial charge in [0.15, 0.2) is 0 Å². The Labute approximate surface area is 142 Å². The van der Waals surface area contributed by atoms with Gasteiger partial charge < -0.3 is 10.6 Å². The van der Waals surface area contributed by atoms with Crippen LogP contribution in [-0.4, -0.2) is 35.3 Å². The van der Waals surface area contributed by atoms with Gasteiger partial charge in [-0.3, -0.25) is 14.5 Å². The minimum Gasteiger partial charge on any atom is -0.352 e. The molecule has 0 spiro atoms. The third-order valence-electron chi connectivity index (χ3n) is 4.40. The van der Waals surface area contributed by atoms with E-state index in [2.05, 4.69) is 10.6 Å². The van der Waals surface area contributed by atoms with Crippen LogP contribution in [0.4, 0.5) is 4.79 Å². The van der Waals surface area contributed by atoms with Gasteiger partial charge in [-0.25, -0.2) is 4.79 Å². The molecule has 0 aromatic heterocycles. The molecule has 0 aliphatic carbocycles. The van der Waals surface area contributed by atoms with Gasteiger partial charge in [0.1, 0.15) is 12.1 Å². The molecule has 2 atom stereocenters. The van der Waals surface area contributed by atoms with Crippen molar-refractivity contribution in [3.63, 3.8) is 0 Å². The number of carbonyl (C=O) groups is 3. The molecule has 1 aliphatic heterocycles. The number of nitrogens with zero attached hydrogens (tertiary/aromatic N) is 1. The fourth-order valence-electron chi connectivity index (χ4n) is 3.10. The van der Waals surface area contributed by atoms with Gasteiger partial charge in [-0.2, -0.15) is 0 Å². The maximum Gasteiger partial charge on any atom is 0.325 e. The van der Waals surface area contributed by atoms with Crippen molar-refractivity contribution in [2.24, 2.45) is 0 Å². The Morgan fingerprint density at radius 1 is 1.25 bits per heavy atom. The summed E-state index contributed by atoms with van der Waals surface area (Å²) in [6, 6.07) is 8.64. The molecule has 6 heteroatoms. The number of hydrogen-bond donors (Lipinski definition) is 2. The van der Waals surface area contributed by atoms with E-state index < -0.39 is 11.6 Å². The van der Waals surface area contributed by atoms with Crippen LogP contribution in [0.2, 0.25) is 0 Å². The third-order valence-corrected chi connectivity index (χ3v) is 4.40. The van der Waals surface area contributed by atoms with Crippen molar-refractivity contribution in [2.75, 3.05) is 6.54 Å². The van der Waals surface area contributed by atoms with Crippen LogP contribution in [0.1, 0.15) is 45.6 Å². The molecular formula is C18H25N3O3. The molecule has 1 saturated heterocycles. The Morgan fingerprint density at radius 3 is 2.50 bits per heavy atom. The molecule has 2 N–H and O–H groups in total. The summed E-state index contributed by atoms with van der Waals surface area (Å²) in [7, 11) is 0. The molecule has 6 nitrogen and oxygen atoms in total. The van der Waals surface area contributed by atoms with E-state index in [4.69, 9.17) is 0 Å². The molecule has 24 heavy (non-hydrogen) atoms. The van der Waals surface area contributed by atoms with Crippen LogP contribution < -0.4 is 10.6 Å². The number of amides is 4. The molecule has 0 radical (unpaired) electrons. The van der Waals surface area contributed by atoms with Gasteiger partial charge in [0, 0.05) is 6.04 Å². The lowest BCUT2D eigenvalue weighted by atomic mass is 9.87. The monoisotopic (exact) mass is 331 g/mol. The average molecular weight is 331 g/mol. The highest BCUT2D eigenvalue weighted by molar-refractivity contribution is 6.09. The Kier molecular flexibility index (Phi) is 5.59. The van der Waals surface area contributed by atoms with Gasteiger partial charge in [-0.1, -0.05) is 50.6 Å². The summed E-state index contributed by atoms with van der Waals surface area (Å²) in [5.74, 6) is -0.695. The number of imide groups is 1. The van der Waals surface area contributed by atoms with E-state index in [9.17, 15) is 14.4 Å². The summed E-state index contributed by atoms with van der Waals surface area (Å²) in [4.78, 5) is 38.3. The fraction of sp³-hybridized carbons (Fsp3) is 0.500. The van der Waals surface area contributed by atoms with Crippen LogP contribution in [0, 0.1) is 0 Å². The SMILES string of the molecule is CCC[C@H](C)NC(=O)CN1C(=O)N[C@@](CC)(c2ccccc2)C1=O. The van der Waals surface area contributed by atoms with E-state index in [0.717, 1.165) is 23.3 Å². The van der Waals surface area contributed by atoms with Gasteiger partial charge in [-0.15, -0.1) is 0 Å². The summed E-state index contributed by atoms with van der Waals surface area (Å²) in [5, 5.41) is 5.60. The number of urea groups is 1. The van der Waals surface area contributed by atoms with Gasteiger partial charge in [0.05, 0.1) is 0 Å². The van der Waals surface area contributed by atoms with Crippen molar-refractivity contribution in [2.45, 2.75) is 51.6 Å². The van der Waals surface area contributed by atoms with Crippen molar-refractivity contribution in [3.8, 4) is 0 Å². The van der Waals surface area contributed by atoms with Crippen molar-refractivity contribution in [3.05, 3.63) is 35.9 Å². The lowest BCUT2D eigenvalue weighted by Crippen LogP contribution is -2.45. The first-order valence-electron chi connectivity index (χ1n) is 8.43. The normalized spacial score (nSPS) is 21.5. The standard InChI is InChI=1S/C18H25N3O3/c1-4-9-13(3)19-15(22)12-21-16(23)18(5-2,20-17(21)24)14-10-7-6-8-11-14/h6-8,10-11,13H,4-5,9,12H2,1-3H3,(H,19,22)(H,20,24)/t13-,18-/m0/s1. The summed E-state index contributed by atoms with van der Waals surface area (Å²) in [6.45, 7) is 5.54. The number of benzene rings is 1. The van der Waals surface area contributed by atoms with Crippen LogP contribution in [0.15, 0.2) is 30.3 Å². The quantitative estimate of drug-likeness (QED) is 0.752. The largest absolute Gasteiger partial charge is 0.352 e. The smallest absolute Gasteiger partial charge is 0.325 e. The summed E-state index contributed by atoms with van der Waals surface area (Å²) >= 11 is 0. The maximum absolute atomic E-state index is 12.9. The second-order valence-corrected chi connectivity index (χ2v) is 6.20. The van der Waals surface area contributed by atoms with E-state index in [1.54, 1.807) is 0 Å². The molecule has 1 aliphatic rings. The average Bonchev–Trinajstić information content (AvgIpc) is 2.81. The van der Waals surface area contributed by atoms with Crippen LogP contribution in [0.25, 0.3) is 0 Å². The number of nitrogens with one attached hydrogen (secondary N) is 2. The highest BCUT2D eigenvalue weighted by Gasteiger charge is 2.51. The Balaban J connectivity index is 2.15. The summed E-state index contributed by atoms with van der Waals surface area (Å²) in [6.07, 6.45) is 2.23. The zero-order chi connectivity index (χ0) is 17.7. The highest BCUT2D eigenvalue weighted by atomic mass is 16.2. The second kappa shape index (κ2) is 7.47. The third kappa shape index (κ3) is 3.42. The predicted octanol–water partition coefficient (Wildman–Crippen LogP) is 2.15. The van der Waals surface area contributed by atoms with Gasteiger partial charge in [-0.05, 0) is 25.3 Å². The number of hydrogen-bond acceptors (Lipinski definition) is 3. The van der Waals surface area contributed by atoms with E-state index >= 15 is 0 Å². The minimum absolute atomic E-state index is 0.0216. The highest BCUT2D eigenvalue weighted by Crippen LogP contribution is 2.32. The van der Waals surface area contributed by atoms with Crippen molar-refractivity contribution < 1.29 is 14.4 Å². The molecule has 4 amide bonds. The zero-order valence-electron chi connectivity index (χ0n) is 14.5. The van der Waals surface area contributed by atoms with Gasteiger partial charge >= 0.3 is 6.03 Å². The topological polar surface area (TPSA) is 78.5 Å². The first kappa shape index (κ1) is 18.0. The molecular weight excluding hydrogens is 306 g/mol. The first-order chi connectivity index (χ1) is 11.4. The zero-order valence-corrected chi connectivity index (χ0v) is 14.5. The maximum atomic E-state index is 12.9. The Bertz CT molecular complexity index is 617. The van der Waals surface area contributed by atoms with Crippen molar-refractivity contribution >= 4 is 17.8 Å². The van der Waals surface area contributed by atoms with E-state index in [1.165, 1.54) is 0 Å². The first-order valence-corrected chi connectivity index (χ1v) is 8.43. The predicted molar refractivity (Wildman–Crippen MR) is 91.2 cm³/mol. The summed E-state index contributed by atoms with van der Waals surface area (Å²) in [5.41, 5.74) is -0.360. The van der Waals surface area contributed by atoms with Crippen molar-refractivity contribution in [1.29, 1.82) is 0 Å². The fourth-order valence-corrected chi connectivity index (χ4v) is 3.10. The van der Waals surface area contributed by atoms with Crippen LogP contribution in [0.5, 0.6) is 0 Å². The lowest BCUT2D eigenvalue weighted by molar-refractivity contribution is -0.135. The summed E-state index contributed by atoms with van der Waals surface area (Å²) < 4.78 is 0. The van der Waals surface area contributed by atoms with Crippen molar-refractivity contribution in [1.82, 2.24) is 15.5 Å². The molecule has 2 rings (SSSR count). The van der Waals surface area contributed by atoms with Crippen LogP contribution in [0.3, 0.4) is 0 Å². The lowest BCUT2D eigenvalue weighted by Gasteiger charge is -2.25. The molecule has 130 valence electrons. The van der Waals surface area contributed by atoms with E-state index in [-0.39, 0.29) is 24.4 Å². The minimum atomic E-state index is -1.09.